The molecule has 3 aromatic rings. The van der Waals surface area contributed by atoms with Gasteiger partial charge in [0.2, 0.25) is 5.91 Å². The van der Waals surface area contributed by atoms with E-state index in [1.807, 2.05) is 53.9 Å². The SMILES string of the molecule is N#Cc1ccc(-c2ccccc2SC2=C(C(=O)O)N3C(=O)[C@@H](NC(=O)Cc4cccs4)[C@H]3SC2)cc1C#N. The Bertz CT molecular complexity index is 1570. The van der Waals surface area contributed by atoms with Crippen LogP contribution in [0.15, 0.2) is 75.5 Å². The van der Waals surface area contributed by atoms with Crippen LogP contribution < -0.4 is 5.32 Å². The number of carboxylic acid groups (broad SMARTS) is 1. The summed E-state index contributed by atoms with van der Waals surface area (Å²) in [7, 11) is 0. The Morgan fingerprint density at radius 3 is 2.61 bits per heavy atom. The molecule has 5 rings (SSSR count). The number of nitrogens with zero attached hydrogens (tertiary/aromatic N) is 3. The highest BCUT2D eigenvalue weighted by Crippen LogP contribution is 2.46. The van der Waals surface area contributed by atoms with Crippen LogP contribution in [0.4, 0.5) is 0 Å². The van der Waals surface area contributed by atoms with Crippen molar-refractivity contribution in [2.45, 2.75) is 22.7 Å². The fraction of sp³-hybridized carbons (Fsp3) is 0.148. The molecule has 38 heavy (non-hydrogen) atoms. The standard InChI is InChI=1S/C27H18N4O4S3/c28-12-16-8-7-15(10-17(16)13-29)19-5-1-2-6-20(19)38-21-14-37-26-23(25(33)31(26)24(21)27(34)35)30-22(32)11-18-4-3-9-36-18/h1-10,23,26H,11,14H2,(H,30,32)(H,34,35)/t23-,26-/m1/s1. The maximum atomic E-state index is 13.0. The number of carbonyl (C=O) groups excluding carboxylic acids is 2. The summed E-state index contributed by atoms with van der Waals surface area (Å²) in [6.07, 6.45) is 0.168. The zero-order valence-corrected chi connectivity index (χ0v) is 22.0. The quantitative estimate of drug-likeness (QED) is 0.412. The molecule has 0 bridgehead atoms. The molecule has 1 fully saturated rings. The highest BCUT2D eigenvalue weighted by molar-refractivity contribution is 8.06. The van der Waals surface area contributed by atoms with E-state index in [2.05, 4.69) is 5.32 Å². The summed E-state index contributed by atoms with van der Waals surface area (Å²) in [5, 5.41) is 32.9. The summed E-state index contributed by atoms with van der Waals surface area (Å²) in [4.78, 5) is 41.2. The van der Waals surface area contributed by atoms with Crippen molar-refractivity contribution >= 4 is 52.6 Å². The molecule has 2 amide bonds. The van der Waals surface area contributed by atoms with Crippen LogP contribution in [0, 0.1) is 22.7 Å². The Kier molecular flexibility index (Phi) is 7.25. The number of amides is 2. The van der Waals surface area contributed by atoms with Gasteiger partial charge in [-0.2, -0.15) is 10.5 Å². The van der Waals surface area contributed by atoms with Crippen molar-refractivity contribution in [3.05, 3.63) is 86.6 Å². The number of thioether (sulfide) groups is 2. The van der Waals surface area contributed by atoms with E-state index in [9.17, 15) is 30.0 Å². The van der Waals surface area contributed by atoms with E-state index in [1.165, 1.54) is 39.8 Å². The third-order valence-corrected chi connectivity index (χ3v) is 9.56. The molecule has 0 spiro atoms. The molecule has 188 valence electrons. The second kappa shape index (κ2) is 10.8. The van der Waals surface area contributed by atoms with Gasteiger partial charge in [-0.15, -0.1) is 23.1 Å². The molecule has 2 aliphatic rings. The lowest BCUT2D eigenvalue weighted by Crippen LogP contribution is -2.70. The van der Waals surface area contributed by atoms with E-state index in [1.54, 1.807) is 18.2 Å². The number of carboxylic acids is 1. The third kappa shape index (κ3) is 4.79. The van der Waals surface area contributed by atoms with Gasteiger partial charge >= 0.3 is 5.97 Å². The molecule has 11 heteroatoms. The molecule has 0 radical (unpaired) electrons. The fourth-order valence-electron chi connectivity index (χ4n) is 4.29. The Morgan fingerprint density at radius 2 is 1.89 bits per heavy atom. The molecular weight excluding hydrogens is 541 g/mol. The van der Waals surface area contributed by atoms with Crippen LogP contribution in [0.5, 0.6) is 0 Å². The molecule has 1 aromatic heterocycles. The molecule has 3 heterocycles. The first-order valence-corrected chi connectivity index (χ1v) is 14.1. The van der Waals surface area contributed by atoms with Crippen molar-refractivity contribution in [3.63, 3.8) is 0 Å². The summed E-state index contributed by atoms with van der Waals surface area (Å²) in [5.74, 6) is -1.59. The van der Waals surface area contributed by atoms with E-state index in [0.717, 1.165) is 20.9 Å². The average molecular weight is 559 g/mol. The van der Waals surface area contributed by atoms with Crippen molar-refractivity contribution in [1.82, 2.24) is 10.2 Å². The minimum Gasteiger partial charge on any atom is -0.477 e. The Balaban J connectivity index is 1.40. The summed E-state index contributed by atoms with van der Waals surface area (Å²) < 4.78 is 0. The van der Waals surface area contributed by atoms with Crippen LogP contribution in [0.1, 0.15) is 16.0 Å². The molecule has 0 aliphatic carbocycles. The van der Waals surface area contributed by atoms with Gasteiger partial charge in [0.25, 0.3) is 5.91 Å². The molecule has 1 saturated heterocycles. The minimum absolute atomic E-state index is 0.0835. The van der Waals surface area contributed by atoms with E-state index < -0.39 is 23.3 Å². The number of aliphatic carboxylic acids is 1. The maximum Gasteiger partial charge on any atom is 0.353 e. The first-order valence-electron chi connectivity index (χ1n) is 11.4. The van der Waals surface area contributed by atoms with Crippen LogP contribution in [0.25, 0.3) is 11.1 Å². The largest absolute Gasteiger partial charge is 0.477 e. The van der Waals surface area contributed by atoms with Crippen LogP contribution in [-0.2, 0) is 20.8 Å². The van der Waals surface area contributed by atoms with Gasteiger partial charge in [0.1, 0.15) is 29.3 Å². The molecule has 2 N–H and O–H groups in total. The van der Waals surface area contributed by atoms with Gasteiger partial charge in [0.15, 0.2) is 0 Å². The molecule has 0 unspecified atom stereocenters. The van der Waals surface area contributed by atoms with E-state index in [-0.39, 0.29) is 29.2 Å². The highest BCUT2D eigenvalue weighted by atomic mass is 32.2. The lowest BCUT2D eigenvalue weighted by atomic mass is 10.0. The van der Waals surface area contributed by atoms with Crippen LogP contribution in [-0.4, -0.2) is 45.0 Å². The van der Waals surface area contributed by atoms with Gasteiger partial charge in [0.05, 0.1) is 17.5 Å². The Hall–Kier alpha value is -4.03. The summed E-state index contributed by atoms with van der Waals surface area (Å²) >= 11 is 4.12. The number of rotatable bonds is 7. The van der Waals surface area contributed by atoms with Gasteiger partial charge in [-0.1, -0.05) is 42.1 Å². The second-order valence-corrected chi connectivity index (χ2v) is 11.6. The zero-order valence-electron chi connectivity index (χ0n) is 19.6. The van der Waals surface area contributed by atoms with Gasteiger partial charge < -0.3 is 10.4 Å². The molecule has 2 aliphatic heterocycles. The monoisotopic (exact) mass is 558 g/mol. The lowest BCUT2D eigenvalue weighted by molar-refractivity contribution is -0.150. The normalized spacial score (nSPS) is 18.2. The average Bonchev–Trinajstić information content (AvgIpc) is 3.44. The van der Waals surface area contributed by atoms with Crippen molar-refractivity contribution in [2.24, 2.45) is 0 Å². The van der Waals surface area contributed by atoms with Crippen molar-refractivity contribution < 1.29 is 19.5 Å². The number of nitriles is 2. The second-order valence-electron chi connectivity index (χ2n) is 8.37. The molecular formula is C27H18N4O4S3. The zero-order chi connectivity index (χ0) is 26.8. The number of β-lactam (4-membered cyclic amide) rings is 1. The molecule has 2 aromatic carbocycles. The van der Waals surface area contributed by atoms with Crippen molar-refractivity contribution in [3.8, 4) is 23.3 Å². The molecule has 2 atom stereocenters. The number of benzene rings is 2. The molecule has 8 nitrogen and oxygen atoms in total. The maximum absolute atomic E-state index is 13.0. The van der Waals surface area contributed by atoms with Gasteiger partial charge in [-0.05, 0) is 40.8 Å². The lowest BCUT2D eigenvalue weighted by Gasteiger charge is -2.49. The van der Waals surface area contributed by atoms with Gasteiger partial charge in [-0.25, -0.2) is 4.79 Å². The minimum atomic E-state index is -1.21. The first kappa shape index (κ1) is 25.6. The third-order valence-electron chi connectivity index (χ3n) is 6.06. The number of nitrogens with one attached hydrogen (secondary N) is 1. The van der Waals surface area contributed by atoms with E-state index in [4.69, 9.17) is 0 Å². The topological polar surface area (TPSA) is 134 Å². The molecule has 0 saturated carbocycles. The van der Waals surface area contributed by atoms with Crippen LogP contribution >= 0.6 is 34.9 Å². The number of hydrogen-bond acceptors (Lipinski definition) is 8. The van der Waals surface area contributed by atoms with Crippen LogP contribution in [0.3, 0.4) is 0 Å². The van der Waals surface area contributed by atoms with Crippen LogP contribution in [0.2, 0.25) is 0 Å². The summed E-state index contributed by atoms with van der Waals surface area (Å²) in [5.41, 5.74) is 1.94. The van der Waals surface area contributed by atoms with E-state index in [0.29, 0.717) is 10.7 Å². The number of fused-ring (bicyclic) bond motifs is 1. The number of hydrogen-bond donors (Lipinski definition) is 2. The first-order chi connectivity index (χ1) is 18.4. The Morgan fingerprint density at radius 1 is 1.11 bits per heavy atom. The number of carbonyl (C=O) groups is 3. The fourth-order valence-corrected chi connectivity index (χ4v) is 7.62. The van der Waals surface area contributed by atoms with Gasteiger partial charge in [-0.3, -0.25) is 14.5 Å². The smallest absolute Gasteiger partial charge is 0.353 e. The summed E-state index contributed by atoms with van der Waals surface area (Å²) in [6, 6.07) is 19.3. The predicted octanol–water partition coefficient (Wildman–Crippen LogP) is 4.19. The number of thiophene rings is 1. The highest BCUT2D eigenvalue weighted by Gasteiger charge is 2.54. The van der Waals surface area contributed by atoms with Crippen molar-refractivity contribution in [2.75, 3.05) is 5.75 Å². The summed E-state index contributed by atoms with van der Waals surface area (Å²) in [6.45, 7) is 0. The Labute approximate surface area is 230 Å². The predicted molar refractivity (Wildman–Crippen MR) is 145 cm³/mol. The van der Waals surface area contributed by atoms with E-state index >= 15 is 0 Å². The van der Waals surface area contributed by atoms with Crippen molar-refractivity contribution in [1.29, 1.82) is 10.5 Å². The van der Waals surface area contributed by atoms with Gasteiger partial charge in [0, 0.05) is 20.4 Å².